The van der Waals surface area contributed by atoms with Crippen molar-refractivity contribution in [2.45, 2.75) is 26.2 Å². The first-order valence-corrected chi connectivity index (χ1v) is 7.91. The number of benzene rings is 2. The van der Waals surface area contributed by atoms with Gasteiger partial charge in [-0.05, 0) is 47.4 Å². The molecule has 0 aliphatic carbocycles. The molecule has 0 aliphatic heterocycles. The number of para-hydroxylation sites is 1. The Morgan fingerprint density at radius 2 is 1.52 bits per heavy atom. The predicted octanol–water partition coefficient (Wildman–Crippen LogP) is 5.53. The molecule has 3 rings (SSSR count). The van der Waals surface area contributed by atoms with Crippen molar-refractivity contribution in [2.75, 3.05) is 0 Å². The Balaban J connectivity index is 1.83. The minimum Gasteiger partial charge on any atom is -0.316 e. The first-order chi connectivity index (χ1) is 11.0. The van der Waals surface area contributed by atoms with Crippen molar-refractivity contribution in [1.82, 2.24) is 4.57 Å². The fourth-order valence-electron chi connectivity index (χ4n) is 2.51. The van der Waals surface area contributed by atoms with E-state index in [0.29, 0.717) is 0 Å². The standard InChI is InChI=1S/C21H22N2/c1-21(2,3)17-11-13-18(14-12-17)22-16-20-10-7-15-23(20)19-8-5-4-6-9-19/h4-16H,1-3H3. The molecule has 0 unspecified atom stereocenters. The number of rotatable bonds is 3. The summed E-state index contributed by atoms with van der Waals surface area (Å²) in [4.78, 5) is 4.61. The lowest BCUT2D eigenvalue weighted by atomic mass is 9.87. The van der Waals surface area contributed by atoms with Crippen LogP contribution in [0.25, 0.3) is 5.69 Å². The number of nitrogens with zero attached hydrogens (tertiary/aromatic N) is 2. The van der Waals surface area contributed by atoms with E-state index in [-0.39, 0.29) is 5.41 Å². The van der Waals surface area contributed by atoms with E-state index in [2.05, 4.69) is 79.0 Å². The largest absolute Gasteiger partial charge is 0.316 e. The molecular weight excluding hydrogens is 280 g/mol. The van der Waals surface area contributed by atoms with Crippen LogP contribution in [0.15, 0.2) is 77.9 Å². The van der Waals surface area contributed by atoms with Gasteiger partial charge in [0.05, 0.1) is 17.6 Å². The summed E-state index contributed by atoms with van der Waals surface area (Å²) in [5.41, 5.74) is 4.67. The van der Waals surface area contributed by atoms with Crippen molar-refractivity contribution in [3.63, 3.8) is 0 Å². The molecule has 0 bridgehead atoms. The maximum absolute atomic E-state index is 4.61. The summed E-state index contributed by atoms with van der Waals surface area (Å²) in [6.07, 6.45) is 3.97. The molecule has 1 aromatic heterocycles. The topological polar surface area (TPSA) is 17.3 Å². The van der Waals surface area contributed by atoms with Gasteiger partial charge in [0.15, 0.2) is 0 Å². The van der Waals surface area contributed by atoms with Crippen molar-refractivity contribution in [1.29, 1.82) is 0 Å². The average Bonchev–Trinajstić information content (AvgIpc) is 3.02. The zero-order valence-corrected chi connectivity index (χ0v) is 13.9. The van der Waals surface area contributed by atoms with Crippen LogP contribution in [0.4, 0.5) is 5.69 Å². The quantitative estimate of drug-likeness (QED) is 0.566. The van der Waals surface area contributed by atoms with Gasteiger partial charge in [-0.2, -0.15) is 0 Å². The second kappa shape index (κ2) is 6.25. The van der Waals surface area contributed by atoms with E-state index in [1.807, 2.05) is 30.5 Å². The number of aromatic nitrogens is 1. The summed E-state index contributed by atoms with van der Waals surface area (Å²) in [6.45, 7) is 6.66. The summed E-state index contributed by atoms with van der Waals surface area (Å²) in [5, 5.41) is 0. The van der Waals surface area contributed by atoms with Crippen molar-refractivity contribution >= 4 is 11.9 Å². The maximum Gasteiger partial charge on any atom is 0.0639 e. The Bertz CT molecular complexity index is 788. The van der Waals surface area contributed by atoms with E-state index in [0.717, 1.165) is 17.1 Å². The first kappa shape index (κ1) is 15.3. The van der Waals surface area contributed by atoms with Gasteiger partial charge in [0.2, 0.25) is 0 Å². The summed E-state index contributed by atoms with van der Waals surface area (Å²) in [5.74, 6) is 0. The lowest BCUT2D eigenvalue weighted by molar-refractivity contribution is 0.590. The smallest absolute Gasteiger partial charge is 0.0639 e. The second-order valence-electron chi connectivity index (χ2n) is 6.69. The van der Waals surface area contributed by atoms with Crippen molar-refractivity contribution in [2.24, 2.45) is 4.99 Å². The van der Waals surface area contributed by atoms with E-state index in [9.17, 15) is 0 Å². The van der Waals surface area contributed by atoms with Crippen LogP contribution in [0, 0.1) is 0 Å². The van der Waals surface area contributed by atoms with Gasteiger partial charge in [-0.1, -0.05) is 51.1 Å². The molecule has 1 heterocycles. The maximum atomic E-state index is 4.61. The van der Waals surface area contributed by atoms with Crippen LogP contribution >= 0.6 is 0 Å². The van der Waals surface area contributed by atoms with Crippen molar-refractivity contribution in [3.8, 4) is 5.69 Å². The van der Waals surface area contributed by atoms with Crippen LogP contribution in [0.5, 0.6) is 0 Å². The third kappa shape index (κ3) is 3.59. The zero-order valence-electron chi connectivity index (χ0n) is 13.9. The molecule has 0 saturated heterocycles. The molecule has 116 valence electrons. The summed E-state index contributed by atoms with van der Waals surface area (Å²) < 4.78 is 2.13. The lowest BCUT2D eigenvalue weighted by Crippen LogP contribution is -2.10. The summed E-state index contributed by atoms with van der Waals surface area (Å²) >= 11 is 0. The fourth-order valence-corrected chi connectivity index (χ4v) is 2.51. The highest BCUT2D eigenvalue weighted by molar-refractivity contribution is 5.81. The van der Waals surface area contributed by atoms with Gasteiger partial charge < -0.3 is 4.57 Å². The molecule has 0 saturated carbocycles. The third-order valence-electron chi connectivity index (χ3n) is 3.89. The number of hydrogen-bond acceptors (Lipinski definition) is 1. The molecule has 3 aromatic rings. The zero-order chi connectivity index (χ0) is 16.3. The van der Waals surface area contributed by atoms with Crippen LogP contribution < -0.4 is 0 Å². The lowest BCUT2D eigenvalue weighted by Gasteiger charge is -2.18. The van der Waals surface area contributed by atoms with E-state index in [1.165, 1.54) is 5.56 Å². The molecule has 0 amide bonds. The van der Waals surface area contributed by atoms with Crippen LogP contribution in [-0.4, -0.2) is 10.8 Å². The van der Waals surface area contributed by atoms with E-state index in [1.54, 1.807) is 0 Å². The SMILES string of the molecule is CC(C)(C)c1ccc(N=Cc2cccn2-c2ccccc2)cc1. The van der Waals surface area contributed by atoms with Gasteiger partial charge in [-0.3, -0.25) is 4.99 Å². The van der Waals surface area contributed by atoms with E-state index >= 15 is 0 Å². The Morgan fingerprint density at radius 3 is 2.17 bits per heavy atom. The van der Waals surface area contributed by atoms with E-state index in [4.69, 9.17) is 0 Å². The normalized spacial score (nSPS) is 12.0. The van der Waals surface area contributed by atoms with Crippen LogP contribution in [0.2, 0.25) is 0 Å². The molecule has 0 radical (unpaired) electrons. The Kier molecular flexibility index (Phi) is 4.16. The molecule has 2 heteroatoms. The Hall–Kier alpha value is -2.61. The molecular formula is C21H22N2. The fraction of sp³-hybridized carbons (Fsp3) is 0.190. The molecule has 0 atom stereocenters. The summed E-state index contributed by atoms with van der Waals surface area (Å²) in [7, 11) is 0. The van der Waals surface area contributed by atoms with Crippen molar-refractivity contribution < 1.29 is 0 Å². The van der Waals surface area contributed by atoms with Gasteiger partial charge in [0.25, 0.3) is 0 Å². The molecule has 0 fully saturated rings. The molecule has 2 nitrogen and oxygen atoms in total. The van der Waals surface area contributed by atoms with Crippen LogP contribution in [0.3, 0.4) is 0 Å². The second-order valence-corrected chi connectivity index (χ2v) is 6.69. The highest BCUT2D eigenvalue weighted by Gasteiger charge is 2.12. The first-order valence-electron chi connectivity index (χ1n) is 7.91. The number of hydrogen-bond donors (Lipinski definition) is 0. The molecule has 2 aromatic carbocycles. The molecule has 23 heavy (non-hydrogen) atoms. The van der Waals surface area contributed by atoms with Crippen LogP contribution in [0.1, 0.15) is 32.0 Å². The van der Waals surface area contributed by atoms with E-state index < -0.39 is 0 Å². The predicted molar refractivity (Wildman–Crippen MR) is 98.2 cm³/mol. The minimum absolute atomic E-state index is 0.171. The monoisotopic (exact) mass is 302 g/mol. The highest BCUT2D eigenvalue weighted by atomic mass is 15.0. The Labute approximate surface area is 138 Å². The average molecular weight is 302 g/mol. The van der Waals surface area contributed by atoms with Crippen molar-refractivity contribution in [3.05, 3.63) is 84.2 Å². The van der Waals surface area contributed by atoms with Gasteiger partial charge in [-0.15, -0.1) is 0 Å². The molecule has 0 aliphatic rings. The summed E-state index contributed by atoms with van der Waals surface area (Å²) in [6, 6.07) is 22.9. The third-order valence-corrected chi connectivity index (χ3v) is 3.89. The minimum atomic E-state index is 0.171. The highest BCUT2D eigenvalue weighted by Crippen LogP contribution is 2.24. The van der Waals surface area contributed by atoms with Gasteiger partial charge in [0, 0.05) is 11.9 Å². The molecule has 0 N–H and O–H groups in total. The van der Waals surface area contributed by atoms with Crippen LogP contribution in [-0.2, 0) is 5.41 Å². The molecule has 0 spiro atoms. The Morgan fingerprint density at radius 1 is 0.826 bits per heavy atom. The van der Waals surface area contributed by atoms with Gasteiger partial charge in [-0.25, -0.2) is 0 Å². The van der Waals surface area contributed by atoms with Gasteiger partial charge in [0.1, 0.15) is 0 Å². The van der Waals surface area contributed by atoms with Gasteiger partial charge >= 0.3 is 0 Å². The number of aliphatic imine (C=N–C) groups is 1.